The van der Waals surface area contributed by atoms with Crippen molar-refractivity contribution in [2.24, 2.45) is 0 Å². The lowest BCUT2D eigenvalue weighted by Crippen LogP contribution is -2.60. The summed E-state index contributed by atoms with van der Waals surface area (Å²) in [5.41, 5.74) is -1.50. The Hall–Kier alpha value is -0.730. The van der Waals surface area contributed by atoms with Gasteiger partial charge in [0, 0.05) is 13.0 Å². The monoisotopic (exact) mass is 237 g/mol. The third kappa shape index (κ3) is 3.39. The molecule has 0 radical (unpaired) electrons. The Kier molecular flexibility index (Phi) is 7.18. The average Bonchev–Trinajstić information content (AvgIpc) is 2.31. The van der Waals surface area contributed by atoms with Crippen LogP contribution in [0.15, 0.2) is 0 Å². The number of amides is 1. The van der Waals surface area contributed by atoms with Gasteiger partial charge in [0.15, 0.2) is 0 Å². The number of aliphatic hydroxyl groups is 5. The van der Waals surface area contributed by atoms with E-state index < -0.39 is 31.3 Å². The molecule has 0 aliphatic carbocycles. The molecule has 1 amide bonds. The van der Waals surface area contributed by atoms with Gasteiger partial charge in [-0.05, 0) is 0 Å². The van der Waals surface area contributed by atoms with Crippen molar-refractivity contribution in [2.45, 2.75) is 12.0 Å². The minimum Gasteiger partial charge on any atom is -0.396 e. The third-order valence-electron chi connectivity index (χ3n) is 2.41. The molecule has 96 valence electrons. The highest BCUT2D eigenvalue weighted by molar-refractivity contribution is 5.77. The molecule has 5 N–H and O–H groups in total. The molecule has 7 heteroatoms. The van der Waals surface area contributed by atoms with Crippen LogP contribution in [0, 0.1) is 0 Å². The smallest absolute Gasteiger partial charge is 0.225 e. The number of hydrogen-bond donors (Lipinski definition) is 5. The fourth-order valence-electron chi connectivity index (χ4n) is 1.36. The number of carbonyl (C=O) groups is 1. The lowest BCUT2D eigenvalue weighted by Gasteiger charge is -2.40. The van der Waals surface area contributed by atoms with Gasteiger partial charge in [0.25, 0.3) is 0 Å². The molecule has 7 nitrogen and oxygen atoms in total. The number of carbonyl (C=O) groups excluding carboxylic acids is 1. The predicted octanol–water partition coefficient (Wildman–Crippen LogP) is -3.09. The van der Waals surface area contributed by atoms with Crippen LogP contribution in [-0.4, -0.2) is 81.5 Å². The highest BCUT2D eigenvalue weighted by Gasteiger charge is 2.37. The average molecular weight is 237 g/mol. The molecule has 0 spiro atoms. The van der Waals surface area contributed by atoms with Crippen LogP contribution >= 0.6 is 0 Å². The molecule has 0 fully saturated rings. The van der Waals surface area contributed by atoms with Crippen LogP contribution < -0.4 is 0 Å². The largest absolute Gasteiger partial charge is 0.396 e. The second-order valence-electron chi connectivity index (χ2n) is 3.44. The molecule has 0 heterocycles. The van der Waals surface area contributed by atoms with Crippen LogP contribution in [-0.2, 0) is 4.79 Å². The Labute approximate surface area is 93.6 Å². The van der Waals surface area contributed by atoms with E-state index in [4.69, 9.17) is 25.5 Å². The first-order chi connectivity index (χ1) is 7.61. The van der Waals surface area contributed by atoms with Crippen molar-refractivity contribution >= 4 is 5.91 Å². The van der Waals surface area contributed by atoms with Crippen LogP contribution in [0.4, 0.5) is 0 Å². The molecule has 0 aliphatic heterocycles. The number of rotatable bonds is 8. The quantitative estimate of drug-likeness (QED) is 0.305. The summed E-state index contributed by atoms with van der Waals surface area (Å²) in [4.78, 5) is 12.6. The van der Waals surface area contributed by atoms with Crippen LogP contribution in [0.3, 0.4) is 0 Å². The Balaban J connectivity index is 4.90. The van der Waals surface area contributed by atoms with Gasteiger partial charge in [0.1, 0.15) is 5.54 Å². The molecule has 0 atom stereocenters. The van der Waals surface area contributed by atoms with Crippen molar-refractivity contribution in [3.05, 3.63) is 0 Å². The van der Waals surface area contributed by atoms with Gasteiger partial charge in [-0.2, -0.15) is 0 Å². The molecule has 0 aromatic carbocycles. The molecule has 0 bridgehead atoms. The number of aliphatic hydroxyl groups excluding tert-OH is 5. The molecule has 0 saturated carbocycles. The first-order valence-corrected chi connectivity index (χ1v) is 4.96. The van der Waals surface area contributed by atoms with Crippen molar-refractivity contribution in [3.63, 3.8) is 0 Å². The SMILES string of the molecule is O=C(CCO)N(CCO)C(CO)(CO)CO. The van der Waals surface area contributed by atoms with Gasteiger partial charge in [0.2, 0.25) is 5.91 Å². The lowest BCUT2D eigenvalue weighted by molar-refractivity contribution is -0.147. The Morgan fingerprint density at radius 1 is 0.938 bits per heavy atom. The van der Waals surface area contributed by atoms with Crippen LogP contribution in [0.5, 0.6) is 0 Å². The minimum atomic E-state index is -1.50. The van der Waals surface area contributed by atoms with Crippen molar-refractivity contribution < 1.29 is 30.3 Å². The second kappa shape index (κ2) is 7.53. The Morgan fingerprint density at radius 2 is 1.44 bits per heavy atom. The van der Waals surface area contributed by atoms with Gasteiger partial charge >= 0.3 is 0 Å². The standard InChI is InChI=1S/C9H19NO6/c11-3-1-8(16)10(2-4-12)9(5-13,6-14)7-15/h11-15H,1-7H2. The summed E-state index contributed by atoms with van der Waals surface area (Å²) in [5, 5.41) is 44.8. The summed E-state index contributed by atoms with van der Waals surface area (Å²) in [6, 6.07) is 0. The maximum atomic E-state index is 11.6. The van der Waals surface area contributed by atoms with Crippen molar-refractivity contribution in [1.82, 2.24) is 4.90 Å². The summed E-state index contributed by atoms with van der Waals surface area (Å²) in [7, 11) is 0. The van der Waals surface area contributed by atoms with E-state index in [1.54, 1.807) is 0 Å². The number of nitrogens with zero attached hydrogens (tertiary/aromatic N) is 1. The minimum absolute atomic E-state index is 0.124. The zero-order valence-electron chi connectivity index (χ0n) is 9.04. The molecule has 0 aromatic rings. The highest BCUT2D eigenvalue weighted by Crippen LogP contribution is 2.15. The van der Waals surface area contributed by atoms with Crippen LogP contribution in [0.25, 0.3) is 0 Å². The fraction of sp³-hybridized carbons (Fsp3) is 0.889. The van der Waals surface area contributed by atoms with E-state index in [1.165, 1.54) is 0 Å². The summed E-state index contributed by atoms with van der Waals surface area (Å²) >= 11 is 0. The predicted molar refractivity (Wildman–Crippen MR) is 54.5 cm³/mol. The van der Waals surface area contributed by atoms with Crippen molar-refractivity contribution in [3.8, 4) is 0 Å². The molecule has 0 saturated heterocycles. The van der Waals surface area contributed by atoms with E-state index in [9.17, 15) is 4.79 Å². The lowest BCUT2D eigenvalue weighted by atomic mass is 10.00. The van der Waals surface area contributed by atoms with E-state index in [0.29, 0.717) is 0 Å². The molecule has 0 aliphatic rings. The Bertz CT molecular complexity index is 198. The number of β-amino-alcohol motifs (C(OH)–C–C–N with tert-alkyl or cyclic N) is 1. The van der Waals surface area contributed by atoms with Gasteiger partial charge in [-0.25, -0.2) is 0 Å². The van der Waals surface area contributed by atoms with Crippen molar-refractivity contribution in [2.75, 3.05) is 39.6 Å². The maximum absolute atomic E-state index is 11.6. The maximum Gasteiger partial charge on any atom is 0.225 e. The normalized spacial score (nSPS) is 11.6. The van der Waals surface area contributed by atoms with E-state index in [-0.39, 0.29) is 26.2 Å². The number of hydrogen-bond acceptors (Lipinski definition) is 6. The summed E-state index contributed by atoms with van der Waals surface area (Å²) in [6.45, 7) is -2.75. The molecular formula is C9H19NO6. The van der Waals surface area contributed by atoms with Gasteiger partial charge in [0.05, 0.1) is 33.0 Å². The first kappa shape index (κ1) is 15.3. The van der Waals surface area contributed by atoms with E-state index in [2.05, 4.69) is 0 Å². The Morgan fingerprint density at radius 3 is 1.75 bits per heavy atom. The molecule has 0 rings (SSSR count). The zero-order valence-corrected chi connectivity index (χ0v) is 9.04. The van der Waals surface area contributed by atoms with Crippen LogP contribution in [0.1, 0.15) is 6.42 Å². The van der Waals surface area contributed by atoms with Crippen LogP contribution in [0.2, 0.25) is 0 Å². The summed E-state index contributed by atoms with van der Waals surface area (Å²) < 4.78 is 0. The van der Waals surface area contributed by atoms with E-state index >= 15 is 0 Å². The van der Waals surface area contributed by atoms with Gasteiger partial charge in [-0.3, -0.25) is 4.79 Å². The molecule has 0 unspecified atom stereocenters. The van der Waals surface area contributed by atoms with Crippen molar-refractivity contribution in [1.29, 1.82) is 0 Å². The van der Waals surface area contributed by atoms with E-state index in [0.717, 1.165) is 4.90 Å². The fourth-order valence-corrected chi connectivity index (χ4v) is 1.36. The zero-order chi connectivity index (χ0) is 12.6. The molecule has 16 heavy (non-hydrogen) atoms. The molecular weight excluding hydrogens is 218 g/mol. The van der Waals surface area contributed by atoms with Gasteiger partial charge in [-0.15, -0.1) is 0 Å². The van der Waals surface area contributed by atoms with E-state index in [1.807, 2.05) is 0 Å². The second-order valence-corrected chi connectivity index (χ2v) is 3.44. The van der Waals surface area contributed by atoms with Gasteiger partial charge < -0.3 is 30.4 Å². The topological polar surface area (TPSA) is 121 Å². The third-order valence-corrected chi connectivity index (χ3v) is 2.41. The first-order valence-electron chi connectivity index (χ1n) is 4.96. The summed E-state index contributed by atoms with van der Waals surface area (Å²) in [6.07, 6.45) is -0.193. The molecule has 0 aromatic heterocycles. The highest BCUT2D eigenvalue weighted by atomic mass is 16.3. The summed E-state index contributed by atoms with van der Waals surface area (Å²) in [5.74, 6) is -0.547. The van der Waals surface area contributed by atoms with Gasteiger partial charge in [-0.1, -0.05) is 0 Å².